The van der Waals surface area contributed by atoms with Gasteiger partial charge in [0.25, 0.3) is 0 Å². The van der Waals surface area contributed by atoms with Crippen molar-refractivity contribution in [2.24, 2.45) is 0 Å². The molecule has 6 nitrogen and oxygen atoms in total. The van der Waals surface area contributed by atoms with Crippen molar-refractivity contribution in [3.8, 4) is 5.75 Å². The molecule has 0 spiro atoms. The van der Waals surface area contributed by atoms with Gasteiger partial charge in [0.15, 0.2) is 0 Å². The highest BCUT2D eigenvalue weighted by molar-refractivity contribution is 9.10. The fourth-order valence-electron chi connectivity index (χ4n) is 1.24. The lowest BCUT2D eigenvalue weighted by atomic mass is 10.3. The lowest BCUT2D eigenvalue weighted by Gasteiger charge is -2.05. The van der Waals surface area contributed by atoms with Crippen LogP contribution in [-0.4, -0.2) is 10.1 Å². The highest BCUT2D eigenvalue weighted by Gasteiger charge is 2.19. The number of aromatic nitrogens is 1. The van der Waals surface area contributed by atoms with Crippen molar-refractivity contribution < 1.29 is 18.6 Å². The summed E-state index contributed by atoms with van der Waals surface area (Å²) in [6.45, 7) is -0.0432. The van der Waals surface area contributed by atoms with Crippen LogP contribution in [0.3, 0.4) is 0 Å². The van der Waals surface area contributed by atoms with Crippen molar-refractivity contribution in [1.29, 1.82) is 0 Å². The molecule has 1 heterocycles. The second-order valence-corrected chi connectivity index (χ2v) is 4.12. The number of nitro benzene ring substituents is 1. The van der Waals surface area contributed by atoms with E-state index in [4.69, 9.17) is 4.74 Å². The minimum atomic E-state index is -0.650. The number of hydrogen-bond acceptors (Lipinski definition) is 5. The van der Waals surface area contributed by atoms with Crippen molar-refractivity contribution >= 4 is 21.6 Å². The van der Waals surface area contributed by atoms with Crippen molar-refractivity contribution in [2.45, 2.75) is 6.61 Å². The van der Waals surface area contributed by atoms with Gasteiger partial charge >= 0.3 is 5.69 Å². The van der Waals surface area contributed by atoms with Crippen LogP contribution in [0.25, 0.3) is 0 Å². The average molecular weight is 317 g/mol. The maximum atomic E-state index is 13.3. The van der Waals surface area contributed by atoms with Crippen LogP contribution in [0.15, 0.2) is 33.5 Å². The third kappa shape index (κ3) is 2.65. The molecule has 0 unspecified atom stereocenters. The Morgan fingerprint density at radius 1 is 1.56 bits per heavy atom. The predicted molar refractivity (Wildman–Crippen MR) is 61.6 cm³/mol. The SMILES string of the molecule is O=[N+]([O-])c1cc(Br)c(F)cc1OCc1ccon1. The first-order chi connectivity index (χ1) is 8.58. The number of halogens is 2. The molecule has 0 bridgehead atoms. The second-order valence-electron chi connectivity index (χ2n) is 3.27. The van der Waals surface area contributed by atoms with Crippen LogP contribution in [0.1, 0.15) is 5.69 Å². The molecule has 0 fully saturated rings. The van der Waals surface area contributed by atoms with Crippen molar-refractivity contribution in [1.82, 2.24) is 5.16 Å². The monoisotopic (exact) mass is 316 g/mol. The van der Waals surface area contributed by atoms with Crippen LogP contribution in [0.4, 0.5) is 10.1 Å². The first-order valence-corrected chi connectivity index (χ1v) is 5.52. The lowest BCUT2D eigenvalue weighted by molar-refractivity contribution is -0.386. The molecular weight excluding hydrogens is 311 g/mol. The molecule has 0 saturated carbocycles. The number of ether oxygens (including phenoxy) is 1. The maximum Gasteiger partial charge on any atom is 0.312 e. The summed E-state index contributed by atoms with van der Waals surface area (Å²) in [6, 6.07) is 3.54. The fourth-order valence-corrected chi connectivity index (χ4v) is 1.57. The van der Waals surface area contributed by atoms with Crippen molar-refractivity contribution in [3.05, 3.63) is 50.6 Å². The molecular formula is C10H6BrFN2O4. The summed E-state index contributed by atoms with van der Waals surface area (Å²) in [6.07, 6.45) is 1.34. The molecule has 0 aliphatic rings. The number of rotatable bonds is 4. The van der Waals surface area contributed by atoms with Gasteiger partial charge in [-0.2, -0.15) is 0 Å². The normalized spacial score (nSPS) is 10.3. The van der Waals surface area contributed by atoms with E-state index < -0.39 is 10.7 Å². The molecule has 0 aliphatic heterocycles. The van der Waals surface area contributed by atoms with Crippen LogP contribution >= 0.6 is 15.9 Å². The lowest BCUT2D eigenvalue weighted by Crippen LogP contribution is -2.00. The smallest absolute Gasteiger partial charge is 0.312 e. The Hall–Kier alpha value is -1.96. The molecule has 0 amide bonds. The molecule has 0 saturated heterocycles. The summed E-state index contributed by atoms with van der Waals surface area (Å²) < 4.78 is 23.0. The molecule has 1 aromatic heterocycles. The predicted octanol–water partition coefficient (Wildman–Crippen LogP) is 3.06. The standard InChI is InChI=1S/C10H6BrFN2O4/c11-7-3-9(14(15)16)10(4-8(7)12)17-5-6-1-2-18-13-6/h1-4H,5H2. The number of benzene rings is 1. The van der Waals surface area contributed by atoms with E-state index in [1.165, 1.54) is 6.26 Å². The largest absolute Gasteiger partial charge is 0.480 e. The zero-order chi connectivity index (χ0) is 13.1. The summed E-state index contributed by atoms with van der Waals surface area (Å²) >= 11 is 2.88. The highest BCUT2D eigenvalue weighted by Crippen LogP contribution is 2.32. The highest BCUT2D eigenvalue weighted by atomic mass is 79.9. The van der Waals surface area contributed by atoms with Gasteiger partial charge in [-0.05, 0) is 15.9 Å². The molecule has 94 valence electrons. The van der Waals surface area contributed by atoms with Gasteiger partial charge in [0.2, 0.25) is 5.75 Å². The summed E-state index contributed by atoms with van der Waals surface area (Å²) in [7, 11) is 0. The molecule has 2 rings (SSSR count). The summed E-state index contributed by atoms with van der Waals surface area (Å²) in [5, 5.41) is 14.4. The third-order valence-corrected chi connectivity index (χ3v) is 2.67. The van der Waals surface area contributed by atoms with E-state index in [0.29, 0.717) is 5.69 Å². The molecule has 0 atom stereocenters. The van der Waals surface area contributed by atoms with E-state index >= 15 is 0 Å². The quantitative estimate of drug-likeness (QED) is 0.639. The van der Waals surface area contributed by atoms with Gasteiger partial charge in [-0.25, -0.2) is 4.39 Å². The Balaban J connectivity index is 2.25. The Bertz CT molecular complexity index is 574. The molecule has 2 aromatic rings. The van der Waals surface area contributed by atoms with E-state index in [0.717, 1.165) is 12.1 Å². The summed E-state index contributed by atoms with van der Waals surface area (Å²) in [4.78, 5) is 10.1. The van der Waals surface area contributed by atoms with Crippen LogP contribution < -0.4 is 4.74 Å². The maximum absolute atomic E-state index is 13.3. The fraction of sp³-hybridized carbons (Fsp3) is 0.100. The van der Waals surface area contributed by atoms with Crippen molar-refractivity contribution in [2.75, 3.05) is 0 Å². The summed E-state index contributed by atoms with van der Waals surface area (Å²) in [5.41, 5.74) is 0.124. The minimum absolute atomic E-state index is 0.00276. The minimum Gasteiger partial charge on any atom is -0.480 e. The molecule has 8 heteroatoms. The first-order valence-electron chi connectivity index (χ1n) is 4.73. The Morgan fingerprint density at radius 2 is 2.33 bits per heavy atom. The number of nitro groups is 1. The molecule has 18 heavy (non-hydrogen) atoms. The van der Waals surface area contributed by atoms with Gasteiger partial charge in [-0.15, -0.1) is 0 Å². The zero-order valence-corrected chi connectivity index (χ0v) is 10.4. The zero-order valence-electron chi connectivity index (χ0n) is 8.80. The Kier molecular flexibility index (Phi) is 3.56. The van der Waals surface area contributed by atoms with Crippen LogP contribution in [0.2, 0.25) is 0 Å². The van der Waals surface area contributed by atoms with Gasteiger partial charge < -0.3 is 9.26 Å². The van der Waals surface area contributed by atoms with Crippen LogP contribution in [0, 0.1) is 15.9 Å². The van der Waals surface area contributed by atoms with Gasteiger partial charge in [-0.3, -0.25) is 10.1 Å². The van der Waals surface area contributed by atoms with Gasteiger partial charge in [-0.1, -0.05) is 5.16 Å². The first kappa shape index (κ1) is 12.5. The topological polar surface area (TPSA) is 78.4 Å². The summed E-state index contributed by atoms with van der Waals surface area (Å²) in [5.74, 6) is -0.806. The van der Waals surface area contributed by atoms with Crippen LogP contribution in [-0.2, 0) is 6.61 Å². The van der Waals surface area contributed by atoms with Gasteiger partial charge in [0, 0.05) is 18.2 Å². The Labute approximate surface area is 109 Å². The molecule has 0 N–H and O–H groups in total. The van der Waals surface area contributed by atoms with E-state index in [9.17, 15) is 14.5 Å². The van der Waals surface area contributed by atoms with Crippen LogP contribution in [0.5, 0.6) is 5.75 Å². The third-order valence-electron chi connectivity index (χ3n) is 2.07. The van der Waals surface area contributed by atoms with E-state index in [-0.39, 0.29) is 22.5 Å². The molecule has 1 aromatic carbocycles. The average Bonchev–Trinajstić information content (AvgIpc) is 2.83. The van der Waals surface area contributed by atoms with Gasteiger partial charge in [0.1, 0.15) is 24.4 Å². The van der Waals surface area contributed by atoms with Crippen molar-refractivity contribution in [3.63, 3.8) is 0 Å². The number of nitrogens with zero attached hydrogens (tertiary/aromatic N) is 2. The van der Waals surface area contributed by atoms with E-state index in [2.05, 4.69) is 25.6 Å². The molecule has 0 radical (unpaired) electrons. The Morgan fingerprint density at radius 3 is 2.94 bits per heavy atom. The second kappa shape index (κ2) is 5.13. The number of hydrogen-bond donors (Lipinski definition) is 0. The van der Waals surface area contributed by atoms with Gasteiger partial charge in [0.05, 0.1) is 9.40 Å². The molecule has 0 aliphatic carbocycles. The van der Waals surface area contributed by atoms with E-state index in [1.807, 2.05) is 0 Å². The van der Waals surface area contributed by atoms with E-state index in [1.54, 1.807) is 6.07 Å².